The van der Waals surface area contributed by atoms with Gasteiger partial charge >= 0.3 is 17.9 Å². The highest BCUT2D eigenvalue weighted by Crippen LogP contribution is 2.14. The summed E-state index contributed by atoms with van der Waals surface area (Å²) in [5.74, 6) is -0.925. The second kappa shape index (κ2) is 51.5. The minimum absolute atomic E-state index is 0.0901. The molecule has 0 spiro atoms. The summed E-state index contributed by atoms with van der Waals surface area (Å²) in [5, 5.41) is 0. The van der Waals surface area contributed by atoms with Crippen LogP contribution in [0.15, 0.2) is 72.9 Å². The highest BCUT2D eigenvalue weighted by Gasteiger charge is 2.19. The quantitative estimate of drug-likeness (QED) is 0.0199. The van der Waals surface area contributed by atoms with Gasteiger partial charge in [0.15, 0.2) is 6.10 Å². The van der Waals surface area contributed by atoms with Crippen LogP contribution in [0.5, 0.6) is 0 Å². The van der Waals surface area contributed by atoms with E-state index in [2.05, 4.69) is 75.5 Å². The molecule has 0 aliphatic rings. The lowest BCUT2D eigenvalue weighted by Crippen LogP contribution is -2.30. The van der Waals surface area contributed by atoms with Gasteiger partial charge in [0, 0.05) is 19.3 Å². The maximum atomic E-state index is 12.8. The molecule has 0 aromatic carbocycles. The van der Waals surface area contributed by atoms with Crippen LogP contribution in [0.3, 0.4) is 0 Å². The molecule has 0 aliphatic heterocycles. The molecule has 0 aromatic heterocycles. The molecule has 1 atom stereocenters. The Morgan fingerprint density at radius 1 is 0.333 bits per heavy atom. The van der Waals surface area contributed by atoms with E-state index in [9.17, 15) is 14.4 Å². The third-order valence-corrected chi connectivity index (χ3v) is 11.3. The van der Waals surface area contributed by atoms with Crippen LogP contribution in [0.2, 0.25) is 0 Å². The molecule has 0 heterocycles. The molecule has 0 saturated carbocycles. The second-order valence-corrected chi connectivity index (χ2v) is 17.5. The number of rotatable bonds is 47. The predicted molar refractivity (Wildman–Crippen MR) is 270 cm³/mol. The second-order valence-electron chi connectivity index (χ2n) is 17.5. The van der Waals surface area contributed by atoms with Gasteiger partial charge in [-0.1, -0.05) is 222 Å². The van der Waals surface area contributed by atoms with Gasteiger partial charge in [-0.3, -0.25) is 14.4 Å². The van der Waals surface area contributed by atoms with Gasteiger partial charge in [0.1, 0.15) is 13.2 Å². The van der Waals surface area contributed by atoms with Crippen molar-refractivity contribution in [2.45, 2.75) is 258 Å². The zero-order valence-electron chi connectivity index (χ0n) is 41.3. The fourth-order valence-corrected chi connectivity index (χ4v) is 7.25. The average molecular weight is 879 g/mol. The van der Waals surface area contributed by atoms with E-state index < -0.39 is 6.10 Å². The fourth-order valence-electron chi connectivity index (χ4n) is 7.25. The van der Waals surface area contributed by atoms with Gasteiger partial charge in [0.05, 0.1) is 0 Å². The number of unbranched alkanes of at least 4 members (excludes halogenated alkanes) is 27. The maximum Gasteiger partial charge on any atom is 0.306 e. The van der Waals surface area contributed by atoms with E-state index in [1.807, 2.05) is 18.2 Å². The Kier molecular flexibility index (Phi) is 48.9. The van der Waals surface area contributed by atoms with Crippen molar-refractivity contribution in [3.8, 4) is 0 Å². The molecule has 362 valence electrons. The van der Waals surface area contributed by atoms with E-state index in [1.165, 1.54) is 122 Å². The van der Waals surface area contributed by atoms with Crippen LogP contribution < -0.4 is 0 Å². The van der Waals surface area contributed by atoms with Crippen LogP contribution in [-0.4, -0.2) is 37.2 Å². The maximum absolute atomic E-state index is 12.8. The Labute approximate surface area is 389 Å². The van der Waals surface area contributed by atoms with Gasteiger partial charge in [-0.05, 0) is 83.5 Å². The molecule has 0 radical (unpaired) electrons. The number of carbonyl (C=O) groups excluding carboxylic acids is 3. The molecule has 0 fully saturated rings. The Bertz CT molecular complexity index is 1190. The molecule has 0 aliphatic carbocycles. The molecule has 0 aromatic rings. The van der Waals surface area contributed by atoms with Crippen molar-refractivity contribution in [1.29, 1.82) is 0 Å². The average Bonchev–Trinajstić information content (AvgIpc) is 3.28. The first-order valence-electron chi connectivity index (χ1n) is 26.5. The van der Waals surface area contributed by atoms with Crippen LogP contribution >= 0.6 is 0 Å². The third-order valence-electron chi connectivity index (χ3n) is 11.3. The highest BCUT2D eigenvalue weighted by molar-refractivity contribution is 5.71. The molecular weight excluding hydrogens is 781 g/mol. The fraction of sp³-hybridized carbons (Fsp3) is 0.737. The summed E-state index contributed by atoms with van der Waals surface area (Å²) in [6.07, 6.45) is 64.6. The largest absolute Gasteiger partial charge is 0.462 e. The van der Waals surface area contributed by atoms with Gasteiger partial charge in [-0.2, -0.15) is 0 Å². The first-order valence-corrected chi connectivity index (χ1v) is 26.5. The minimum Gasteiger partial charge on any atom is -0.462 e. The molecule has 6 nitrogen and oxygen atoms in total. The Morgan fingerprint density at radius 2 is 0.651 bits per heavy atom. The van der Waals surface area contributed by atoms with Crippen LogP contribution in [-0.2, 0) is 28.6 Å². The SMILES string of the molecule is CC\C=C/C=C\C=C/C=C\CCCCCCCC(=O)OC(COC(=O)CCCCCCC/C=C\CCCC)COC(=O)CCCCCCCCC/C=C\CCCCCCCCCC. The molecule has 0 rings (SSSR count). The summed E-state index contributed by atoms with van der Waals surface area (Å²) in [6.45, 7) is 6.44. The van der Waals surface area contributed by atoms with Crippen molar-refractivity contribution >= 4 is 17.9 Å². The summed E-state index contributed by atoms with van der Waals surface area (Å²) < 4.78 is 16.8. The lowest BCUT2D eigenvalue weighted by atomic mass is 10.1. The van der Waals surface area contributed by atoms with Gasteiger partial charge in [0.2, 0.25) is 0 Å². The molecule has 0 bridgehead atoms. The number of allylic oxidation sites excluding steroid dienone is 12. The number of hydrogen-bond acceptors (Lipinski definition) is 6. The van der Waals surface area contributed by atoms with Crippen LogP contribution in [0.25, 0.3) is 0 Å². The van der Waals surface area contributed by atoms with Gasteiger partial charge < -0.3 is 14.2 Å². The van der Waals surface area contributed by atoms with Crippen LogP contribution in [0.4, 0.5) is 0 Å². The van der Waals surface area contributed by atoms with E-state index in [4.69, 9.17) is 14.2 Å². The van der Waals surface area contributed by atoms with Crippen molar-refractivity contribution < 1.29 is 28.6 Å². The van der Waals surface area contributed by atoms with Crippen molar-refractivity contribution in [3.05, 3.63) is 72.9 Å². The standard InChI is InChI=1S/C57H98O6/c1-4-7-10-13-16-19-22-24-26-27-28-29-31-32-35-38-41-44-47-50-56(59)62-53-54(52-61-55(58)49-46-43-40-37-34-21-18-15-12-9-6-3)63-57(60)51-48-45-42-39-36-33-30-25-23-20-17-14-11-8-5-2/h8,11,14-15,17-18,20,23,25,27-28,30,54H,4-7,9-10,12-13,16,19,21-22,24,26,29,31-53H2,1-3H3/b11-8-,17-14-,18-15-,23-20-,28-27-,30-25-. The first-order chi connectivity index (χ1) is 31.0. The predicted octanol–water partition coefficient (Wildman–Crippen LogP) is 17.4. The van der Waals surface area contributed by atoms with Crippen molar-refractivity contribution in [3.63, 3.8) is 0 Å². The molecule has 6 heteroatoms. The zero-order chi connectivity index (χ0) is 45.8. The monoisotopic (exact) mass is 879 g/mol. The normalized spacial score (nSPS) is 12.6. The van der Waals surface area contributed by atoms with E-state index in [1.54, 1.807) is 0 Å². The van der Waals surface area contributed by atoms with Crippen molar-refractivity contribution in [2.24, 2.45) is 0 Å². The van der Waals surface area contributed by atoms with Crippen LogP contribution in [0, 0.1) is 0 Å². The number of ether oxygens (including phenoxy) is 3. The minimum atomic E-state index is -0.792. The third kappa shape index (κ3) is 49.7. The first kappa shape index (κ1) is 59.9. The smallest absolute Gasteiger partial charge is 0.306 e. The lowest BCUT2D eigenvalue weighted by molar-refractivity contribution is -0.167. The molecule has 0 N–H and O–H groups in total. The van der Waals surface area contributed by atoms with Crippen molar-refractivity contribution in [2.75, 3.05) is 13.2 Å². The lowest BCUT2D eigenvalue weighted by Gasteiger charge is -2.18. The summed E-state index contributed by atoms with van der Waals surface area (Å²) in [4.78, 5) is 38.0. The van der Waals surface area contributed by atoms with E-state index in [0.717, 1.165) is 89.9 Å². The van der Waals surface area contributed by atoms with E-state index in [-0.39, 0.29) is 31.1 Å². The summed E-state index contributed by atoms with van der Waals surface area (Å²) in [7, 11) is 0. The molecule has 0 amide bonds. The Morgan fingerprint density at radius 3 is 1.06 bits per heavy atom. The van der Waals surface area contributed by atoms with Gasteiger partial charge in [0.25, 0.3) is 0 Å². The summed E-state index contributed by atoms with van der Waals surface area (Å²) in [5.41, 5.74) is 0. The molecule has 1 unspecified atom stereocenters. The number of esters is 3. The number of hydrogen-bond donors (Lipinski definition) is 0. The molecular formula is C57H98O6. The summed E-state index contributed by atoms with van der Waals surface area (Å²) in [6, 6.07) is 0. The Balaban J connectivity index is 4.38. The highest BCUT2D eigenvalue weighted by atomic mass is 16.6. The summed E-state index contributed by atoms with van der Waals surface area (Å²) >= 11 is 0. The van der Waals surface area contributed by atoms with Gasteiger partial charge in [-0.15, -0.1) is 0 Å². The van der Waals surface area contributed by atoms with E-state index >= 15 is 0 Å². The number of carbonyl (C=O) groups is 3. The van der Waals surface area contributed by atoms with Crippen molar-refractivity contribution in [1.82, 2.24) is 0 Å². The topological polar surface area (TPSA) is 78.9 Å². The van der Waals surface area contributed by atoms with E-state index in [0.29, 0.717) is 19.3 Å². The zero-order valence-corrected chi connectivity index (χ0v) is 41.3. The molecule has 63 heavy (non-hydrogen) atoms. The Hall–Kier alpha value is -3.15. The van der Waals surface area contributed by atoms with Crippen LogP contribution in [0.1, 0.15) is 252 Å². The van der Waals surface area contributed by atoms with Gasteiger partial charge in [-0.25, -0.2) is 0 Å². The molecule has 0 saturated heterocycles.